The van der Waals surface area contributed by atoms with Gasteiger partial charge >= 0.3 is 0 Å². The third-order valence-electron chi connectivity index (χ3n) is 1.25. The third kappa shape index (κ3) is 3.18. The molecule has 0 aliphatic carbocycles. The van der Waals surface area contributed by atoms with Crippen LogP contribution in [0.2, 0.25) is 0 Å². The molecule has 0 unspecified atom stereocenters. The molecule has 1 heterocycles. The number of rotatable bonds is 2. The summed E-state index contributed by atoms with van der Waals surface area (Å²) in [6.45, 7) is 2.11. The molecule has 0 aliphatic rings. The zero-order chi connectivity index (χ0) is 7.40. The Hall–Kier alpha value is -0.830. The lowest BCUT2D eigenvalue weighted by molar-refractivity contribution is 0.874. The van der Waals surface area contributed by atoms with E-state index in [0.717, 1.165) is 18.5 Å². The second-order valence-corrected chi connectivity index (χ2v) is 2.18. The zero-order valence-corrected chi connectivity index (χ0v) is 7.27. The molecule has 2 N–H and O–H groups in total. The predicted octanol–water partition coefficient (Wildman–Crippen LogP) is 1.43. The topological polar surface area (TPSA) is 51.8 Å². The van der Waals surface area contributed by atoms with Crippen LogP contribution in [0.1, 0.15) is 19.0 Å². The molecule has 0 aliphatic heterocycles. The summed E-state index contributed by atoms with van der Waals surface area (Å²) >= 11 is 0. The van der Waals surface area contributed by atoms with E-state index in [2.05, 4.69) is 16.9 Å². The SMILES string of the molecule is CCCc1cc(N)ncn1.Cl. The smallest absolute Gasteiger partial charge is 0.126 e. The molecule has 1 rings (SSSR count). The Kier molecular flexibility index (Phi) is 4.54. The molecule has 0 spiro atoms. The summed E-state index contributed by atoms with van der Waals surface area (Å²) in [6, 6.07) is 1.81. The summed E-state index contributed by atoms with van der Waals surface area (Å²) in [5.41, 5.74) is 6.46. The molecule has 0 aromatic carbocycles. The molecule has 0 atom stereocenters. The van der Waals surface area contributed by atoms with Gasteiger partial charge in [-0.05, 0) is 6.42 Å². The van der Waals surface area contributed by atoms with E-state index in [-0.39, 0.29) is 12.4 Å². The van der Waals surface area contributed by atoms with E-state index in [0.29, 0.717) is 5.82 Å². The van der Waals surface area contributed by atoms with Crippen LogP contribution >= 0.6 is 12.4 Å². The Morgan fingerprint density at radius 2 is 2.18 bits per heavy atom. The highest BCUT2D eigenvalue weighted by atomic mass is 35.5. The van der Waals surface area contributed by atoms with E-state index in [1.807, 2.05) is 6.07 Å². The number of nitrogens with two attached hydrogens (primary N) is 1. The molecule has 0 saturated carbocycles. The van der Waals surface area contributed by atoms with Crippen LogP contribution in [0.25, 0.3) is 0 Å². The minimum atomic E-state index is 0. The zero-order valence-electron chi connectivity index (χ0n) is 6.45. The number of halogens is 1. The van der Waals surface area contributed by atoms with Crippen LogP contribution in [0.4, 0.5) is 5.82 Å². The largest absolute Gasteiger partial charge is 0.384 e. The van der Waals surface area contributed by atoms with Crippen LogP contribution in [0, 0.1) is 0 Å². The second kappa shape index (κ2) is 4.91. The lowest BCUT2D eigenvalue weighted by Crippen LogP contribution is -1.94. The first kappa shape index (κ1) is 10.2. The highest BCUT2D eigenvalue weighted by Gasteiger charge is 1.92. The molecular weight excluding hydrogens is 162 g/mol. The number of nitrogens with zero attached hydrogens (tertiary/aromatic N) is 2. The highest BCUT2D eigenvalue weighted by Crippen LogP contribution is 2.00. The minimum absolute atomic E-state index is 0. The van der Waals surface area contributed by atoms with E-state index in [1.165, 1.54) is 6.33 Å². The van der Waals surface area contributed by atoms with Gasteiger partial charge in [-0.15, -0.1) is 12.4 Å². The second-order valence-electron chi connectivity index (χ2n) is 2.18. The molecule has 1 aromatic rings. The van der Waals surface area contributed by atoms with Crippen molar-refractivity contribution in [3.8, 4) is 0 Å². The average Bonchev–Trinajstić information content (AvgIpc) is 1.88. The van der Waals surface area contributed by atoms with Crippen molar-refractivity contribution < 1.29 is 0 Å². The van der Waals surface area contributed by atoms with Gasteiger partial charge in [-0.3, -0.25) is 0 Å². The number of hydrogen-bond donors (Lipinski definition) is 1. The van der Waals surface area contributed by atoms with E-state index in [4.69, 9.17) is 5.73 Å². The standard InChI is InChI=1S/C7H11N3.ClH/c1-2-3-6-4-7(8)10-5-9-6;/h4-5H,2-3H2,1H3,(H2,8,9,10);1H. The van der Waals surface area contributed by atoms with Gasteiger partial charge in [-0.25, -0.2) is 9.97 Å². The van der Waals surface area contributed by atoms with Crippen LogP contribution in [-0.4, -0.2) is 9.97 Å². The molecule has 0 radical (unpaired) electrons. The van der Waals surface area contributed by atoms with E-state index >= 15 is 0 Å². The monoisotopic (exact) mass is 173 g/mol. The van der Waals surface area contributed by atoms with E-state index in [1.54, 1.807) is 0 Å². The Bertz CT molecular complexity index is 215. The Morgan fingerprint density at radius 3 is 2.73 bits per heavy atom. The lowest BCUT2D eigenvalue weighted by Gasteiger charge is -1.96. The van der Waals surface area contributed by atoms with Crippen LogP contribution in [0.15, 0.2) is 12.4 Å². The van der Waals surface area contributed by atoms with Gasteiger partial charge in [0.2, 0.25) is 0 Å². The normalized spacial score (nSPS) is 8.82. The fourth-order valence-electron chi connectivity index (χ4n) is 0.808. The summed E-state index contributed by atoms with van der Waals surface area (Å²) < 4.78 is 0. The third-order valence-corrected chi connectivity index (χ3v) is 1.25. The van der Waals surface area contributed by atoms with Crippen LogP contribution in [0.3, 0.4) is 0 Å². The number of nitrogen functional groups attached to an aromatic ring is 1. The average molecular weight is 174 g/mol. The fraction of sp³-hybridized carbons (Fsp3) is 0.429. The van der Waals surface area contributed by atoms with Crippen molar-refractivity contribution in [3.05, 3.63) is 18.1 Å². The quantitative estimate of drug-likeness (QED) is 0.736. The molecule has 0 bridgehead atoms. The number of aryl methyl sites for hydroxylation is 1. The summed E-state index contributed by atoms with van der Waals surface area (Å²) in [7, 11) is 0. The fourth-order valence-corrected chi connectivity index (χ4v) is 0.808. The first-order valence-electron chi connectivity index (χ1n) is 3.39. The van der Waals surface area contributed by atoms with Crippen molar-refractivity contribution in [2.75, 3.05) is 5.73 Å². The number of hydrogen-bond acceptors (Lipinski definition) is 3. The molecule has 62 valence electrons. The van der Waals surface area contributed by atoms with Gasteiger partial charge in [0, 0.05) is 11.8 Å². The van der Waals surface area contributed by atoms with Gasteiger partial charge < -0.3 is 5.73 Å². The number of anilines is 1. The molecule has 3 nitrogen and oxygen atoms in total. The van der Waals surface area contributed by atoms with Gasteiger partial charge in [0.1, 0.15) is 12.1 Å². The highest BCUT2D eigenvalue weighted by molar-refractivity contribution is 5.85. The van der Waals surface area contributed by atoms with Crippen LogP contribution in [-0.2, 0) is 6.42 Å². The van der Waals surface area contributed by atoms with E-state index in [9.17, 15) is 0 Å². The van der Waals surface area contributed by atoms with Crippen molar-refractivity contribution >= 4 is 18.2 Å². The Morgan fingerprint density at radius 1 is 1.45 bits per heavy atom. The van der Waals surface area contributed by atoms with Gasteiger partial charge in [-0.2, -0.15) is 0 Å². The molecule has 1 aromatic heterocycles. The number of aromatic nitrogens is 2. The first-order chi connectivity index (χ1) is 4.83. The van der Waals surface area contributed by atoms with Gasteiger partial charge in [0.25, 0.3) is 0 Å². The molecule has 0 fully saturated rings. The van der Waals surface area contributed by atoms with Crippen molar-refractivity contribution in [2.45, 2.75) is 19.8 Å². The van der Waals surface area contributed by atoms with Crippen molar-refractivity contribution in [3.63, 3.8) is 0 Å². The Balaban J connectivity index is 0.000001000. The lowest BCUT2D eigenvalue weighted by atomic mass is 10.2. The molecule has 0 saturated heterocycles. The predicted molar refractivity (Wildman–Crippen MR) is 47.7 cm³/mol. The molecule has 11 heavy (non-hydrogen) atoms. The minimum Gasteiger partial charge on any atom is -0.384 e. The summed E-state index contributed by atoms with van der Waals surface area (Å²) in [5, 5.41) is 0. The maximum absolute atomic E-state index is 5.44. The van der Waals surface area contributed by atoms with Crippen molar-refractivity contribution in [1.29, 1.82) is 0 Å². The maximum Gasteiger partial charge on any atom is 0.126 e. The summed E-state index contributed by atoms with van der Waals surface area (Å²) in [5.74, 6) is 0.554. The van der Waals surface area contributed by atoms with Crippen LogP contribution in [0.5, 0.6) is 0 Å². The summed E-state index contributed by atoms with van der Waals surface area (Å²) in [6.07, 6.45) is 3.57. The van der Waals surface area contributed by atoms with Gasteiger partial charge in [-0.1, -0.05) is 13.3 Å². The molecule has 0 amide bonds. The van der Waals surface area contributed by atoms with Gasteiger partial charge in [0.05, 0.1) is 0 Å². The van der Waals surface area contributed by atoms with Crippen molar-refractivity contribution in [1.82, 2.24) is 9.97 Å². The van der Waals surface area contributed by atoms with Crippen molar-refractivity contribution in [2.24, 2.45) is 0 Å². The first-order valence-corrected chi connectivity index (χ1v) is 3.39. The molecular formula is C7H12ClN3. The maximum atomic E-state index is 5.44. The van der Waals surface area contributed by atoms with Crippen LogP contribution < -0.4 is 5.73 Å². The van der Waals surface area contributed by atoms with Gasteiger partial charge in [0.15, 0.2) is 0 Å². The molecule has 4 heteroatoms. The summed E-state index contributed by atoms with van der Waals surface area (Å²) in [4.78, 5) is 7.83. The van der Waals surface area contributed by atoms with E-state index < -0.39 is 0 Å². The Labute approximate surface area is 72.5 Å².